The molecule has 4 rings (SSSR count). The molecular weight excluding hydrogens is 407 g/mol. The number of hydrogen-bond acceptors (Lipinski definition) is 3. The Bertz CT molecular complexity index is 915. The van der Waals surface area contributed by atoms with Crippen LogP contribution in [0.4, 0.5) is 5.69 Å². The molecule has 29 heavy (non-hydrogen) atoms. The highest BCUT2D eigenvalue weighted by atomic mass is 35.5. The summed E-state index contributed by atoms with van der Waals surface area (Å²) in [7, 11) is 0. The fraction of sp³-hybridized carbons (Fsp3) is 0.318. The monoisotopic (exact) mass is 434 g/mol. The molecule has 0 bridgehead atoms. The van der Waals surface area contributed by atoms with Gasteiger partial charge in [-0.15, -0.1) is 24.8 Å². The molecule has 3 aromatic rings. The minimum atomic E-state index is -0.507. The number of H-pyrrole nitrogens is 1. The number of fused-ring (bicyclic) bond motifs is 1. The SMILES string of the molecule is Cl.Cl.N[C@H](Cc1c[nH]c2ccccc12)C(=O)N1CCCN(c2ccccc2)CC1. The molecule has 3 N–H and O–H groups in total. The van der Waals surface area contributed by atoms with Crippen LogP contribution in [0.5, 0.6) is 0 Å². The van der Waals surface area contributed by atoms with Crippen LogP contribution in [0.25, 0.3) is 10.9 Å². The van der Waals surface area contributed by atoms with E-state index >= 15 is 0 Å². The van der Waals surface area contributed by atoms with E-state index in [0.717, 1.165) is 49.1 Å². The summed E-state index contributed by atoms with van der Waals surface area (Å²) >= 11 is 0. The van der Waals surface area contributed by atoms with Gasteiger partial charge in [0, 0.05) is 49.0 Å². The Morgan fingerprint density at radius 2 is 1.69 bits per heavy atom. The molecule has 2 aromatic carbocycles. The van der Waals surface area contributed by atoms with Crippen LogP contribution in [0.3, 0.4) is 0 Å². The van der Waals surface area contributed by atoms with Crippen molar-refractivity contribution < 1.29 is 4.79 Å². The van der Waals surface area contributed by atoms with Crippen molar-refractivity contribution in [3.8, 4) is 0 Å². The van der Waals surface area contributed by atoms with Gasteiger partial charge in [-0.2, -0.15) is 0 Å². The maximum atomic E-state index is 12.9. The zero-order valence-electron chi connectivity index (χ0n) is 16.3. The Kier molecular flexibility index (Phi) is 8.38. The molecule has 0 radical (unpaired) electrons. The second-order valence-electron chi connectivity index (χ2n) is 7.17. The van der Waals surface area contributed by atoms with E-state index in [1.807, 2.05) is 35.4 Å². The Labute approximate surface area is 184 Å². The third-order valence-electron chi connectivity index (χ3n) is 5.36. The molecule has 5 nitrogen and oxygen atoms in total. The van der Waals surface area contributed by atoms with Gasteiger partial charge in [0.1, 0.15) is 0 Å². The van der Waals surface area contributed by atoms with E-state index in [0.29, 0.717) is 6.42 Å². The number of aromatic amines is 1. The molecule has 156 valence electrons. The van der Waals surface area contributed by atoms with Crippen LogP contribution < -0.4 is 10.6 Å². The fourth-order valence-corrected chi connectivity index (χ4v) is 3.89. The minimum absolute atomic E-state index is 0. The molecule has 0 aliphatic carbocycles. The Balaban J connectivity index is 0.00000150. The standard InChI is InChI=1S/C22H26N4O.2ClH/c23-20(15-17-16-24-21-10-5-4-9-19(17)21)22(27)26-12-6-11-25(13-14-26)18-7-2-1-3-8-18;;/h1-5,7-10,16,20,24H,6,11-15,23H2;2*1H/t20-;;/m1../s1. The number of rotatable bonds is 4. The van der Waals surface area contributed by atoms with Gasteiger partial charge in [0.15, 0.2) is 0 Å². The number of hydrogen-bond donors (Lipinski definition) is 2. The van der Waals surface area contributed by atoms with Crippen molar-refractivity contribution in [2.45, 2.75) is 18.9 Å². The van der Waals surface area contributed by atoms with E-state index in [2.05, 4.69) is 40.2 Å². The van der Waals surface area contributed by atoms with Crippen molar-refractivity contribution in [3.05, 3.63) is 66.4 Å². The molecule has 1 aliphatic heterocycles. The molecule has 1 atom stereocenters. The van der Waals surface area contributed by atoms with E-state index in [9.17, 15) is 4.79 Å². The minimum Gasteiger partial charge on any atom is -0.370 e. The topological polar surface area (TPSA) is 65.4 Å². The second kappa shape index (κ2) is 10.5. The maximum Gasteiger partial charge on any atom is 0.239 e. The first-order valence-corrected chi connectivity index (χ1v) is 9.62. The molecule has 0 unspecified atom stereocenters. The summed E-state index contributed by atoms with van der Waals surface area (Å²) in [6.45, 7) is 3.29. The van der Waals surface area contributed by atoms with Crippen LogP contribution in [0.2, 0.25) is 0 Å². The lowest BCUT2D eigenvalue weighted by molar-refractivity contribution is -0.132. The maximum absolute atomic E-state index is 12.9. The summed E-state index contributed by atoms with van der Waals surface area (Å²) in [5.41, 5.74) is 9.71. The summed E-state index contributed by atoms with van der Waals surface area (Å²) in [4.78, 5) is 20.5. The summed E-state index contributed by atoms with van der Waals surface area (Å²) < 4.78 is 0. The average Bonchev–Trinajstić information content (AvgIpc) is 2.95. The lowest BCUT2D eigenvalue weighted by atomic mass is 10.0. The van der Waals surface area contributed by atoms with Crippen LogP contribution in [-0.2, 0) is 11.2 Å². The molecule has 1 aliphatic rings. The number of nitrogens with zero attached hydrogens (tertiary/aromatic N) is 2. The number of halogens is 2. The van der Waals surface area contributed by atoms with Crippen LogP contribution >= 0.6 is 24.8 Å². The van der Waals surface area contributed by atoms with Gasteiger partial charge >= 0.3 is 0 Å². The van der Waals surface area contributed by atoms with Gasteiger partial charge in [0.2, 0.25) is 5.91 Å². The molecular formula is C22H28Cl2N4O. The van der Waals surface area contributed by atoms with Gasteiger partial charge in [-0.3, -0.25) is 4.79 Å². The highest BCUT2D eigenvalue weighted by Crippen LogP contribution is 2.20. The fourth-order valence-electron chi connectivity index (χ4n) is 3.89. The van der Waals surface area contributed by atoms with Gasteiger partial charge in [-0.25, -0.2) is 0 Å². The number of aromatic nitrogens is 1. The number of nitrogens with two attached hydrogens (primary N) is 1. The zero-order chi connectivity index (χ0) is 18.6. The molecule has 2 heterocycles. The van der Waals surface area contributed by atoms with Gasteiger partial charge in [0.05, 0.1) is 6.04 Å². The largest absolute Gasteiger partial charge is 0.370 e. The highest BCUT2D eigenvalue weighted by molar-refractivity contribution is 5.86. The Hall–Kier alpha value is -2.21. The highest BCUT2D eigenvalue weighted by Gasteiger charge is 2.24. The van der Waals surface area contributed by atoms with Crippen molar-refractivity contribution >= 4 is 47.3 Å². The van der Waals surface area contributed by atoms with E-state index < -0.39 is 6.04 Å². The third kappa shape index (κ3) is 5.24. The summed E-state index contributed by atoms with van der Waals surface area (Å²) in [6.07, 6.45) is 3.49. The molecule has 0 spiro atoms. The van der Waals surface area contributed by atoms with Crippen LogP contribution in [0, 0.1) is 0 Å². The lowest BCUT2D eigenvalue weighted by Crippen LogP contribution is -2.46. The molecule has 1 fully saturated rings. The number of benzene rings is 2. The van der Waals surface area contributed by atoms with E-state index in [4.69, 9.17) is 5.73 Å². The quantitative estimate of drug-likeness (QED) is 0.658. The number of carbonyl (C=O) groups excluding carboxylic acids is 1. The van der Waals surface area contributed by atoms with Crippen molar-refractivity contribution in [2.75, 3.05) is 31.1 Å². The van der Waals surface area contributed by atoms with Gasteiger partial charge < -0.3 is 20.5 Å². The third-order valence-corrected chi connectivity index (χ3v) is 5.36. The first-order valence-electron chi connectivity index (χ1n) is 9.62. The molecule has 7 heteroatoms. The zero-order valence-corrected chi connectivity index (χ0v) is 17.9. The van der Waals surface area contributed by atoms with Gasteiger partial charge in [0.25, 0.3) is 0 Å². The number of amides is 1. The molecule has 0 saturated carbocycles. The predicted molar refractivity (Wildman–Crippen MR) is 124 cm³/mol. The smallest absolute Gasteiger partial charge is 0.239 e. The number of nitrogens with one attached hydrogen (secondary N) is 1. The van der Waals surface area contributed by atoms with Gasteiger partial charge in [-0.1, -0.05) is 36.4 Å². The predicted octanol–water partition coefficient (Wildman–Crippen LogP) is 3.62. The molecule has 1 saturated heterocycles. The van der Waals surface area contributed by atoms with Crippen molar-refractivity contribution in [3.63, 3.8) is 0 Å². The Morgan fingerprint density at radius 1 is 0.966 bits per heavy atom. The van der Waals surface area contributed by atoms with E-state index in [1.54, 1.807) is 0 Å². The van der Waals surface area contributed by atoms with Crippen molar-refractivity contribution in [2.24, 2.45) is 5.73 Å². The van der Waals surface area contributed by atoms with Crippen LogP contribution in [-0.4, -0.2) is 48.0 Å². The first kappa shape index (κ1) is 23.1. The van der Waals surface area contributed by atoms with E-state index in [1.165, 1.54) is 5.69 Å². The molecule has 1 amide bonds. The van der Waals surface area contributed by atoms with E-state index in [-0.39, 0.29) is 30.7 Å². The number of anilines is 1. The van der Waals surface area contributed by atoms with Crippen molar-refractivity contribution in [1.29, 1.82) is 0 Å². The Morgan fingerprint density at radius 3 is 2.48 bits per heavy atom. The number of carbonyl (C=O) groups is 1. The van der Waals surface area contributed by atoms with Gasteiger partial charge in [-0.05, 0) is 36.6 Å². The average molecular weight is 435 g/mol. The lowest BCUT2D eigenvalue weighted by Gasteiger charge is -2.25. The normalized spacial score (nSPS) is 15.2. The summed E-state index contributed by atoms with van der Waals surface area (Å²) in [6, 6.07) is 18.0. The van der Waals surface area contributed by atoms with Crippen LogP contribution in [0.1, 0.15) is 12.0 Å². The summed E-state index contributed by atoms with van der Waals surface area (Å²) in [5, 5.41) is 1.15. The second-order valence-corrected chi connectivity index (χ2v) is 7.17. The molecule has 1 aromatic heterocycles. The number of para-hydroxylation sites is 2. The summed E-state index contributed by atoms with van der Waals surface area (Å²) in [5.74, 6) is 0.0511. The first-order chi connectivity index (χ1) is 13.2. The van der Waals surface area contributed by atoms with Crippen molar-refractivity contribution in [1.82, 2.24) is 9.88 Å². The van der Waals surface area contributed by atoms with Crippen LogP contribution in [0.15, 0.2) is 60.8 Å².